The third kappa shape index (κ3) is 8.36. The number of pyridine rings is 1. The van der Waals surface area contributed by atoms with E-state index in [1.54, 1.807) is 38.1 Å². The van der Waals surface area contributed by atoms with Crippen molar-refractivity contribution in [2.24, 2.45) is 5.92 Å². The van der Waals surface area contributed by atoms with E-state index in [9.17, 15) is 26.4 Å². The van der Waals surface area contributed by atoms with Crippen molar-refractivity contribution >= 4 is 44.9 Å². The summed E-state index contributed by atoms with van der Waals surface area (Å²) >= 11 is 7.04. The van der Waals surface area contributed by atoms with Crippen molar-refractivity contribution in [3.63, 3.8) is 0 Å². The molecule has 1 aliphatic heterocycles. The summed E-state index contributed by atoms with van der Waals surface area (Å²) in [5.41, 5.74) is 0.834. The lowest BCUT2D eigenvalue weighted by molar-refractivity contribution is -0.121. The Balaban J connectivity index is 1.61. The second-order valence-electron chi connectivity index (χ2n) is 9.22. The normalized spacial score (nSPS) is 20.4. The Morgan fingerprint density at radius 1 is 1.28 bits per heavy atom. The van der Waals surface area contributed by atoms with E-state index < -0.39 is 21.8 Å². The van der Waals surface area contributed by atoms with E-state index in [1.807, 2.05) is 0 Å². The maximum absolute atomic E-state index is 13.1. The van der Waals surface area contributed by atoms with Crippen LogP contribution in [0.25, 0.3) is 5.57 Å². The number of alkyl halides is 3. The van der Waals surface area contributed by atoms with E-state index in [2.05, 4.69) is 10.3 Å². The lowest BCUT2D eigenvalue weighted by atomic mass is 10.1. The minimum atomic E-state index is -4.41. The molecule has 1 amide bonds. The van der Waals surface area contributed by atoms with Gasteiger partial charge in [-0.25, -0.2) is 13.4 Å². The summed E-state index contributed by atoms with van der Waals surface area (Å²) in [6.45, 7) is 4.83. The standard InChI is InChI=1S/C26H31ClF3N3O4S2/c1-5-33(39(35,36)25-8-6-7-22(27)38-25)21-13-19(21)14-23(34)31-15-18-11-20(32-24(12-18)37-4)16(2)9-10-17(3)26(28,29)30/h7-12,19,21H,5-6,13-15H2,1-4H3,(H,31,34). The highest BCUT2D eigenvalue weighted by Crippen LogP contribution is 2.44. The van der Waals surface area contributed by atoms with Crippen LogP contribution in [0, 0.1) is 5.92 Å². The molecule has 0 spiro atoms. The predicted molar refractivity (Wildman–Crippen MR) is 148 cm³/mol. The van der Waals surface area contributed by atoms with Crippen LogP contribution in [0.15, 0.2) is 50.6 Å². The van der Waals surface area contributed by atoms with Crippen LogP contribution < -0.4 is 10.1 Å². The largest absolute Gasteiger partial charge is 0.481 e. The van der Waals surface area contributed by atoms with E-state index in [4.69, 9.17) is 16.3 Å². The molecule has 214 valence electrons. The average molecular weight is 606 g/mol. The van der Waals surface area contributed by atoms with Gasteiger partial charge in [-0.2, -0.15) is 17.5 Å². The minimum Gasteiger partial charge on any atom is -0.481 e. The highest BCUT2D eigenvalue weighted by Gasteiger charge is 2.47. The quantitative estimate of drug-likeness (QED) is 0.306. The van der Waals surface area contributed by atoms with E-state index in [1.165, 1.54) is 17.5 Å². The predicted octanol–water partition coefficient (Wildman–Crippen LogP) is 6.11. The lowest BCUT2D eigenvalue weighted by Crippen LogP contribution is -2.35. The molecule has 1 aromatic heterocycles. The molecule has 3 rings (SSSR count). The first-order valence-electron chi connectivity index (χ1n) is 12.3. The highest BCUT2D eigenvalue weighted by molar-refractivity contribution is 8.20. The molecule has 1 N–H and O–H groups in total. The number of nitrogens with zero attached hydrogens (tertiary/aromatic N) is 2. The van der Waals surface area contributed by atoms with Gasteiger partial charge in [-0.1, -0.05) is 54.6 Å². The van der Waals surface area contributed by atoms with Crippen molar-refractivity contribution in [2.75, 3.05) is 13.7 Å². The van der Waals surface area contributed by atoms with Crippen LogP contribution in [0.1, 0.15) is 51.3 Å². The third-order valence-corrected chi connectivity index (χ3v) is 10.2. The molecule has 2 heterocycles. The van der Waals surface area contributed by atoms with E-state index in [0.29, 0.717) is 34.0 Å². The van der Waals surface area contributed by atoms with Gasteiger partial charge in [-0.3, -0.25) is 4.79 Å². The van der Waals surface area contributed by atoms with Gasteiger partial charge in [0, 0.05) is 37.2 Å². The van der Waals surface area contributed by atoms with Gasteiger partial charge >= 0.3 is 6.18 Å². The number of sulfonamides is 1. The van der Waals surface area contributed by atoms with Gasteiger partial charge in [-0.15, -0.1) is 0 Å². The summed E-state index contributed by atoms with van der Waals surface area (Å²) in [7, 11) is -2.27. The smallest absolute Gasteiger partial charge is 0.412 e. The maximum atomic E-state index is 13.1. The zero-order valence-electron chi connectivity index (χ0n) is 22.0. The fraction of sp³-hybridized carbons (Fsp3) is 0.462. The van der Waals surface area contributed by atoms with Gasteiger partial charge in [0.2, 0.25) is 21.8 Å². The molecule has 0 saturated heterocycles. The van der Waals surface area contributed by atoms with Crippen LogP contribution in [0.2, 0.25) is 0 Å². The first-order chi connectivity index (χ1) is 18.3. The maximum Gasteiger partial charge on any atom is 0.412 e. The fourth-order valence-corrected chi connectivity index (χ4v) is 7.49. The van der Waals surface area contributed by atoms with E-state index >= 15 is 0 Å². The Kier molecular flexibility index (Phi) is 10.4. The molecule has 1 aromatic rings. The Morgan fingerprint density at radius 2 is 2.00 bits per heavy atom. The van der Waals surface area contributed by atoms with Gasteiger partial charge in [0.25, 0.3) is 0 Å². The second-order valence-corrected chi connectivity index (χ2v) is 13.1. The van der Waals surface area contributed by atoms with Crippen molar-refractivity contribution < 1.29 is 31.1 Å². The van der Waals surface area contributed by atoms with Crippen LogP contribution >= 0.6 is 23.4 Å². The van der Waals surface area contributed by atoms with E-state index in [-0.39, 0.29) is 47.5 Å². The molecule has 0 bridgehead atoms. The molecule has 2 aliphatic rings. The van der Waals surface area contributed by atoms with Crippen molar-refractivity contribution in [1.29, 1.82) is 0 Å². The van der Waals surface area contributed by atoms with Crippen molar-refractivity contribution in [3.8, 4) is 5.88 Å². The zero-order chi connectivity index (χ0) is 29.0. The number of allylic oxidation sites excluding steroid dienone is 6. The van der Waals surface area contributed by atoms with Crippen molar-refractivity contribution in [1.82, 2.24) is 14.6 Å². The molecular weight excluding hydrogens is 575 g/mol. The van der Waals surface area contributed by atoms with Gasteiger partial charge in [0.15, 0.2) is 0 Å². The monoisotopic (exact) mass is 605 g/mol. The minimum absolute atomic E-state index is 0.101. The summed E-state index contributed by atoms with van der Waals surface area (Å²) in [5.74, 6) is -0.0743. The first-order valence-corrected chi connectivity index (χ1v) is 14.9. The van der Waals surface area contributed by atoms with Crippen molar-refractivity contribution in [2.45, 2.75) is 58.8 Å². The Labute approximate surface area is 236 Å². The number of nitrogens with one attached hydrogen (secondary N) is 1. The van der Waals surface area contributed by atoms with Crippen LogP contribution in [0.3, 0.4) is 0 Å². The summed E-state index contributed by atoms with van der Waals surface area (Å²) in [5, 5.41) is 2.83. The van der Waals surface area contributed by atoms with E-state index in [0.717, 1.165) is 24.8 Å². The number of aromatic nitrogens is 1. The number of ether oxygens (including phenoxy) is 1. The molecule has 39 heavy (non-hydrogen) atoms. The van der Waals surface area contributed by atoms with Gasteiger partial charge in [-0.05, 0) is 49.8 Å². The summed E-state index contributed by atoms with van der Waals surface area (Å²) in [4.78, 5) is 17.0. The Morgan fingerprint density at radius 3 is 2.62 bits per heavy atom. The number of methoxy groups -OCH3 is 1. The molecule has 0 radical (unpaired) electrons. The average Bonchev–Trinajstić information content (AvgIpc) is 3.63. The van der Waals surface area contributed by atoms with Crippen molar-refractivity contribution in [3.05, 3.63) is 61.9 Å². The van der Waals surface area contributed by atoms with Crippen LogP contribution in [-0.2, 0) is 21.4 Å². The highest BCUT2D eigenvalue weighted by atomic mass is 35.5. The topological polar surface area (TPSA) is 88.6 Å². The van der Waals surface area contributed by atoms with Crippen LogP contribution in [0.4, 0.5) is 13.2 Å². The van der Waals surface area contributed by atoms with Crippen LogP contribution in [-0.4, -0.2) is 49.5 Å². The molecule has 7 nitrogen and oxygen atoms in total. The third-order valence-electron chi connectivity index (χ3n) is 6.33. The number of carbonyl (C=O) groups excluding carboxylic acids is 1. The summed E-state index contributed by atoms with van der Waals surface area (Å²) < 4.78 is 71.9. The molecule has 1 saturated carbocycles. The van der Waals surface area contributed by atoms with Gasteiger partial charge in [0.1, 0.15) is 4.24 Å². The number of amides is 1. The summed E-state index contributed by atoms with van der Waals surface area (Å²) in [6, 6.07) is 3.05. The molecule has 0 aromatic carbocycles. The number of carbonyl (C=O) groups is 1. The number of thioether (sulfide) groups is 1. The van der Waals surface area contributed by atoms with Crippen LogP contribution in [0.5, 0.6) is 5.88 Å². The molecule has 2 atom stereocenters. The summed E-state index contributed by atoms with van der Waals surface area (Å²) in [6.07, 6.45) is 2.50. The SMILES string of the molecule is CCN(C1CC1CC(=O)NCc1cc(OC)nc(C(C)=CC=C(C)C(F)(F)F)c1)S(=O)(=O)C1=CCC=C(Cl)S1. The molecule has 13 heteroatoms. The Hall–Kier alpha value is -2.28. The second kappa shape index (κ2) is 12.9. The molecule has 1 aliphatic carbocycles. The lowest BCUT2D eigenvalue weighted by Gasteiger charge is -2.23. The molecule has 1 fully saturated rings. The van der Waals surface area contributed by atoms with Gasteiger partial charge in [0.05, 0.1) is 17.2 Å². The number of rotatable bonds is 11. The Bertz CT molecular complexity index is 1320. The number of halogens is 4. The first kappa shape index (κ1) is 31.3. The number of hydrogen-bond acceptors (Lipinski definition) is 6. The number of hydrogen-bond donors (Lipinski definition) is 1. The molecular formula is C26H31ClF3N3O4S2. The van der Waals surface area contributed by atoms with Gasteiger partial charge < -0.3 is 10.1 Å². The molecule has 2 unspecified atom stereocenters. The fourth-order valence-electron chi connectivity index (χ4n) is 4.00. The zero-order valence-corrected chi connectivity index (χ0v) is 24.4.